The number of rotatable bonds is 61. The number of carbonyl (C=O) groups excluding carboxylic acids is 3. The average Bonchev–Trinajstić information content (AvgIpc) is 3.47. The maximum atomic E-state index is 12.9. The number of unbranched alkanes of at least 4 members (excludes halogenated alkanes) is 30. The van der Waals surface area contributed by atoms with Crippen molar-refractivity contribution in [2.24, 2.45) is 0 Å². The van der Waals surface area contributed by atoms with E-state index in [1.165, 1.54) is 141 Å². The lowest BCUT2D eigenvalue weighted by Crippen LogP contribution is -2.30. The molecule has 0 N–H and O–H groups in total. The zero-order chi connectivity index (χ0) is 58.5. The molecule has 6 heteroatoms. The van der Waals surface area contributed by atoms with Gasteiger partial charge in [0.25, 0.3) is 0 Å². The Balaban J connectivity index is 4.42. The van der Waals surface area contributed by atoms with Crippen LogP contribution in [0.4, 0.5) is 0 Å². The van der Waals surface area contributed by atoms with Crippen LogP contribution in [0.5, 0.6) is 0 Å². The van der Waals surface area contributed by atoms with Crippen LogP contribution in [-0.4, -0.2) is 37.2 Å². The topological polar surface area (TPSA) is 78.9 Å². The number of hydrogen-bond donors (Lipinski definition) is 0. The molecule has 0 bridgehead atoms. The van der Waals surface area contributed by atoms with Gasteiger partial charge in [-0.1, -0.05) is 309 Å². The van der Waals surface area contributed by atoms with E-state index in [4.69, 9.17) is 14.2 Å². The van der Waals surface area contributed by atoms with Crippen LogP contribution >= 0.6 is 0 Å². The zero-order valence-corrected chi connectivity index (χ0v) is 53.0. The van der Waals surface area contributed by atoms with Gasteiger partial charge in [0.1, 0.15) is 13.2 Å². The van der Waals surface area contributed by atoms with Crippen molar-refractivity contribution in [1.29, 1.82) is 0 Å². The van der Waals surface area contributed by atoms with E-state index in [-0.39, 0.29) is 31.1 Å². The van der Waals surface area contributed by atoms with Crippen molar-refractivity contribution < 1.29 is 28.6 Å². The summed E-state index contributed by atoms with van der Waals surface area (Å²) >= 11 is 0. The van der Waals surface area contributed by atoms with Gasteiger partial charge in [-0.05, 0) is 109 Å². The first kappa shape index (κ1) is 76.8. The second kappa shape index (κ2) is 68.3. The molecule has 0 saturated heterocycles. The summed E-state index contributed by atoms with van der Waals surface area (Å²) in [6.45, 7) is 6.47. The van der Waals surface area contributed by atoms with Crippen molar-refractivity contribution in [2.75, 3.05) is 13.2 Å². The quantitative estimate of drug-likeness (QED) is 0.0261. The van der Waals surface area contributed by atoms with Crippen molar-refractivity contribution in [3.8, 4) is 0 Å². The molecule has 0 saturated carbocycles. The molecule has 462 valence electrons. The standard InChI is InChI=1S/C75H126O6/c1-4-7-10-13-16-19-22-25-28-30-32-34-36-37-38-39-40-42-43-45-47-50-53-56-59-62-65-68-74(77)80-71-72(70-79-73(76)67-64-61-58-55-52-49-27-24-21-18-15-12-9-6-3)81-75(78)69-66-63-60-57-54-51-48-46-44-41-35-33-31-29-26-23-20-17-14-11-8-5-2/h7,10,15-16,18-19,24-25,27-28,32,34,37-38,40,42,45,47,53,56,72H,4-6,8-9,11-14,17,20-23,26,29-31,33,35-36,39,41,43-44,46,48-52,54-55,57-71H2,1-3H3/b10-7-,18-15-,19-16-,27-24-,28-25-,34-32-,38-37-,42-40-,47-45-,56-53-. The third-order valence-electron chi connectivity index (χ3n) is 14.5. The Hall–Kier alpha value is -4.19. The first-order chi connectivity index (χ1) is 40.0. The number of allylic oxidation sites excluding steroid dienone is 20. The van der Waals surface area contributed by atoms with Crippen LogP contribution in [-0.2, 0) is 28.6 Å². The van der Waals surface area contributed by atoms with Crippen LogP contribution in [0, 0.1) is 0 Å². The molecule has 0 aliphatic carbocycles. The monoisotopic (exact) mass is 1120 g/mol. The second-order valence-electron chi connectivity index (χ2n) is 22.4. The Morgan fingerprint density at radius 3 is 0.815 bits per heavy atom. The highest BCUT2D eigenvalue weighted by atomic mass is 16.6. The number of esters is 3. The van der Waals surface area contributed by atoms with Crippen LogP contribution in [0.2, 0.25) is 0 Å². The van der Waals surface area contributed by atoms with Gasteiger partial charge in [-0.15, -0.1) is 0 Å². The van der Waals surface area contributed by atoms with Crippen molar-refractivity contribution in [1.82, 2.24) is 0 Å². The summed E-state index contributed by atoms with van der Waals surface area (Å²) in [5.74, 6) is -0.947. The number of carbonyl (C=O) groups is 3. The van der Waals surface area contributed by atoms with Crippen LogP contribution in [0.25, 0.3) is 0 Å². The van der Waals surface area contributed by atoms with Gasteiger partial charge in [-0.3, -0.25) is 14.4 Å². The minimum Gasteiger partial charge on any atom is -0.462 e. The van der Waals surface area contributed by atoms with Crippen molar-refractivity contribution in [3.05, 3.63) is 122 Å². The molecule has 0 heterocycles. The minimum absolute atomic E-state index is 0.0992. The summed E-state index contributed by atoms with van der Waals surface area (Å²) in [5.41, 5.74) is 0. The molecule has 0 aliphatic rings. The first-order valence-electron chi connectivity index (χ1n) is 34.0. The van der Waals surface area contributed by atoms with E-state index in [0.717, 1.165) is 128 Å². The molecule has 0 spiro atoms. The van der Waals surface area contributed by atoms with E-state index in [1.807, 2.05) is 0 Å². The molecular formula is C75H126O6. The lowest BCUT2D eigenvalue weighted by molar-refractivity contribution is -0.167. The largest absolute Gasteiger partial charge is 0.462 e. The SMILES string of the molecule is CC/C=C\C/C=C\C/C=C\C/C=C\C/C=C\C/C=C\C/C=C\C/C=C\CCCCC(=O)OCC(COC(=O)CCCCCCC/C=C\C/C=C\CCCC)OC(=O)CCCCCCCCCCCCCCCCCCCCCCCC. The Morgan fingerprint density at radius 1 is 0.259 bits per heavy atom. The van der Waals surface area contributed by atoms with E-state index in [1.54, 1.807) is 0 Å². The summed E-state index contributed by atoms with van der Waals surface area (Å²) < 4.78 is 16.9. The summed E-state index contributed by atoms with van der Waals surface area (Å²) in [4.78, 5) is 38.4. The molecule has 1 atom stereocenters. The smallest absolute Gasteiger partial charge is 0.306 e. The molecule has 0 aromatic heterocycles. The molecule has 0 radical (unpaired) electrons. The van der Waals surface area contributed by atoms with Gasteiger partial charge in [-0.25, -0.2) is 0 Å². The molecular weight excluding hydrogens is 997 g/mol. The van der Waals surface area contributed by atoms with Gasteiger partial charge in [-0.2, -0.15) is 0 Å². The average molecular weight is 1120 g/mol. The Kier molecular flexibility index (Phi) is 64.8. The van der Waals surface area contributed by atoms with Gasteiger partial charge in [0.2, 0.25) is 0 Å². The molecule has 81 heavy (non-hydrogen) atoms. The normalized spacial score (nSPS) is 12.9. The fourth-order valence-corrected chi connectivity index (χ4v) is 9.36. The second-order valence-corrected chi connectivity index (χ2v) is 22.4. The Bertz CT molecular complexity index is 1670. The van der Waals surface area contributed by atoms with Gasteiger partial charge in [0.15, 0.2) is 6.10 Å². The van der Waals surface area contributed by atoms with Crippen LogP contribution in [0.3, 0.4) is 0 Å². The minimum atomic E-state index is -0.805. The van der Waals surface area contributed by atoms with E-state index in [2.05, 4.69) is 142 Å². The predicted molar refractivity (Wildman–Crippen MR) is 353 cm³/mol. The summed E-state index contributed by atoms with van der Waals surface area (Å²) in [6.07, 6.45) is 95.0. The maximum Gasteiger partial charge on any atom is 0.306 e. The van der Waals surface area contributed by atoms with Crippen molar-refractivity contribution >= 4 is 17.9 Å². The summed E-state index contributed by atoms with van der Waals surface area (Å²) in [6, 6.07) is 0. The van der Waals surface area contributed by atoms with Crippen LogP contribution in [0.1, 0.15) is 316 Å². The molecule has 0 rings (SSSR count). The van der Waals surface area contributed by atoms with Crippen molar-refractivity contribution in [2.45, 2.75) is 322 Å². The lowest BCUT2D eigenvalue weighted by atomic mass is 10.0. The van der Waals surface area contributed by atoms with Crippen LogP contribution in [0.15, 0.2) is 122 Å². The molecule has 0 aromatic rings. The molecule has 6 nitrogen and oxygen atoms in total. The highest BCUT2D eigenvalue weighted by Crippen LogP contribution is 2.17. The van der Waals surface area contributed by atoms with Gasteiger partial charge < -0.3 is 14.2 Å². The molecule has 0 fully saturated rings. The predicted octanol–water partition coefficient (Wildman–Crippen LogP) is 23.6. The third kappa shape index (κ3) is 66.5. The van der Waals surface area contributed by atoms with E-state index in [9.17, 15) is 14.4 Å². The van der Waals surface area contributed by atoms with E-state index < -0.39 is 6.10 Å². The number of ether oxygens (including phenoxy) is 3. The summed E-state index contributed by atoms with van der Waals surface area (Å²) in [5, 5.41) is 0. The van der Waals surface area contributed by atoms with Crippen LogP contribution < -0.4 is 0 Å². The molecule has 0 amide bonds. The first-order valence-corrected chi connectivity index (χ1v) is 34.0. The fourth-order valence-electron chi connectivity index (χ4n) is 9.36. The maximum absolute atomic E-state index is 12.9. The lowest BCUT2D eigenvalue weighted by Gasteiger charge is -2.18. The van der Waals surface area contributed by atoms with Crippen molar-refractivity contribution in [3.63, 3.8) is 0 Å². The molecule has 1 unspecified atom stereocenters. The highest BCUT2D eigenvalue weighted by Gasteiger charge is 2.19. The van der Waals surface area contributed by atoms with E-state index in [0.29, 0.717) is 25.7 Å². The Morgan fingerprint density at radius 2 is 0.494 bits per heavy atom. The zero-order valence-electron chi connectivity index (χ0n) is 53.0. The fraction of sp³-hybridized carbons (Fsp3) is 0.693. The van der Waals surface area contributed by atoms with Gasteiger partial charge in [0, 0.05) is 19.3 Å². The number of hydrogen-bond acceptors (Lipinski definition) is 6. The Labute approximate surface area is 501 Å². The van der Waals surface area contributed by atoms with Gasteiger partial charge in [0.05, 0.1) is 0 Å². The van der Waals surface area contributed by atoms with E-state index >= 15 is 0 Å². The highest BCUT2D eigenvalue weighted by molar-refractivity contribution is 5.71. The summed E-state index contributed by atoms with van der Waals surface area (Å²) in [7, 11) is 0. The molecule has 0 aliphatic heterocycles. The third-order valence-corrected chi connectivity index (χ3v) is 14.5. The molecule has 0 aromatic carbocycles. The van der Waals surface area contributed by atoms with Gasteiger partial charge >= 0.3 is 17.9 Å².